The predicted molar refractivity (Wildman–Crippen MR) is 233 cm³/mol. The van der Waals surface area contributed by atoms with Gasteiger partial charge in [0.15, 0.2) is 0 Å². The minimum absolute atomic E-state index is 0.0479. The average Bonchev–Trinajstić information content (AvgIpc) is 3.21. The first-order valence-corrected chi connectivity index (χ1v) is 22.8. The number of carbonyl (C=O) groups excluding carboxylic acids is 5. The Bertz CT molecular complexity index is 1560. The molecule has 10 atom stereocenters. The Hall–Kier alpha value is -3.25. The van der Waals surface area contributed by atoms with Gasteiger partial charge in [0.1, 0.15) is 23.7 Å². The molecular formula is C49H77NO10. The quantitative estimate of drug-likeness (QED) is 0.109. The average molecular weight is 840 g/mol. The number of fused-ring (bicyclic) bond motifs is 1. The lowest BCUT2D eigenvalue weighted by Gasteiger charge is -2.37. The summed E-state index contributed by atoms with van der Waals surface area (Å²) in [7, 11) is 1.71. The van der Waals surface area contributed by atoms with Gasteiger partial charge < -0.3 is 29.7 Å². The maximum absolute atomic E-state index is 14.1. The normalized spacial score (nSPS) is 35.7. The van der Waals surface area contributed by atoms with Crippen LogP contribution in [-0.4, -0.2) is 93.2 Å². The van der Waals surface area contributed by atoms with Gasteiger partial charge in [-0.3, -0.25) is 19.2 Å². The maximum Gasteiger partial charge on any atom is 0.329 e. The Labute approximate surface area is 360 Å². The number of cyclic esters (lactones) is 1. The fourth-order valence-electron chi connectivity index (χ4n) is 9.02. The third kappa shape index (κ3) is 15.9. The van der Waals surface area contributed by atoms with Crippen molar-refractivity contribution in [2.75, 3.05) is 13.7 Å². The number of esters is 1. The molecule has 1 amide bonds. The molecule has 60 heavy (non-hydrogen) atoms. The Morgan fingerprint density at radius 1 is 0.850 bits per heavy atom. The van der Waals surface area contributed by atoms with Crippen molar-refractivity contribution in [3.8, 4) is 0 Å². The van der Waals surface area contributed by atoms with E-state index in [1.165, 1.54) is 5.57 Å². The maximum atomic E-state index is 14.1. The summed E-state index contributed by atoms with van der Waals surface area (Å²) in [6, 6.07) is -1.12. The van der Waals surface area contributed by atoms with Crippen LogP contribution in [0, 0.1) is 35.5 Å². The summed E-state index contributed by atoms with van der Waals surface area (Å²) >= 11 is 0. The number of carbonyl (C=O) groups is 5. The van der Waals surface area contributed by atoms with Crippen molar-refractivity contribution in [3.63, 3.8) is 0 Å². The summed E-state index contributed by atoms with van der Waals surface area (Å²) in [5, 5.41) is 33.2. The van der Waals surface area contributed by atoms with Crippen LogP contribution >= 0.6 is 0 Å². The fourth-order valence-corrected chi connectivity index (χ4v) is 9.02. The summed E-state index contributed by atoms with van der Waals surface area (Å²) in [6.45, 7) is 13.0. The van der Waals surface area contributed by atoms with Crippen molar-refractivity contribution in [2.45, 2.75) is 181 Å². The lowest BCUT2D eigenvalue weighted by molar-refractivity contribution is -0.205. The van der Waals surface area contributed by atoms with Crippen LogP contribution in [0.15, 0.2) is 47.6 Å². The molecule has 0 radical (unpaired) electrons. The highest BCUT2D eigenvalue weighted by Gasteiger charge is 2.47. The number of aliphatic hydroxyl groups is 3. The molecule has 2 aliphatic heterocycles. The third-order valence-electron chi connectivity index (χ3n) is 13.3. The minimum atomic E-state index is -2.90. The number of allylic oxidation sites excluding steroid dienone is 7. The molecule has 3 N–H and O–H groups in total. The van der Waals surface area contributed by atoms with Crippen molar-refractivity contribution < 1.29 is 48.8 Å². The summed E-state index contributed by atoms with van der Waals surface area (Å²) in [5.41, 5.74) is 1.71. The Kier molecular flexibility index (Phi) is 21.3. The minimum Gasteiger partial charge on any atom is -0.460 e. The highest BCUT2D eigenvalue weighted by molar-refractivity contribution is 6.39. The van der Waals surface area contributed by atoms with E-state index in [-0.39, 0.29) is 61.2 Å². The van der Waals surface area contributed by atoms with Crippen LogP contribution < -0.4 is 0 Å². The number of methoxy groups -OCH3 is 1. The van der Waals surface area contributed by atoms with Crippen LogP contribution in [0.5, 0.6) is 0 Å². The molecule has 1 saturated carbocycles. The topological polar surface area (TPSA) is 168 Å². The van der Waals surface area contributed by atoms with Crippen LogP contribution in [-0.2, 0) is 33.4 Å². The number of ether oxygens (including phenoxy) is 2. The molecule has 0 unspecified atom stereocenters. The zero-order chi connectivity index (χ0) is 44.6. The lowest BCUT2D eigenvalue weighted by Crippen LogP contribution is -2.57. The van der Waals surface area contributed by atoms with E-state index < -0.39 is 53.5 Å². The molecular weight excluding hydrogens is 763 g/mol. The number of hydrogen-bond acceptors (Lipinski definition) is 10. The standard InChI is InChI=1S/C49H77NO10/c1-32-18-11-9-13-20-33(2)26-34(3)42(51)30-43(52)35(4)27-36(5)44(53)31-45(37(6)28-39-22-17-23-40(29-39)59-8)60-48(56)41-24-15-16-25-50(41)47(55)46(54)49(57,58)38(7)21-14-10-12-19-32/h9,11,13,18,20,27,33-34,36-41,43,45,52,57-58H,10,12,14-17,19,21-26,28-31H2,1-8H3/b11-9+,20-13+,32-18+,35-27+/t33-,34-,36-,37-,38-,39+,40+,41+,43+,45+/m1/s1. The molecule has 2 heterocycles. The zero-order valence-electron chi connectivity index (χ0n) is 37.9. The van der Waals surface area contributed by atoms with Gasteiger partial charge >= 0.3 is 5.97 Å². The van der Waals surface area contributed by atoms with Gasteiger partial charge in [0.05, 0.1) is 12.2 Å². The van der Waals surface area contributed by atoms with Gasteiger partial charge in [0.2, 0.25) is 5.79 Å². The van der Waals surface area contributed by atoms with Crippen molar-refractivity contribution in [3.05, 3.63) is 47.6 Å². The molecule has 3 rings (SSSR count). The van der Waals surface area contributed by atoms with Gasteiger partial charge in [-0.1, -0.05) is 102 Å². The van der Waals surface area contributed by atoms with E-state index in [1.54, 1.807) is 34.0 Å². The van der Waals surface area contributed by atoms with E-state index in [4.69, 9.17) is 9.47 Å². The van der Waals surface area contributed by atoms with Gasteiger partial charge in [-0.05, 0) is 101 Å². The molecule has 338 valence electrons. The highest BCUT2D eigenvalue weighted by atomic mass is 16.5. The second-order valence-corrected chi connectivity index (χ2v) is 18.6. The Morgan fingerprint density at radius 3 is 2.28 bits per heavy atom. The lowest BCUT2D eigenvalue weighted by atomic mass is 9.79. The number of Topliss-reactive ketones (excluding diaryl/α,β-unsaturated/α-hetero) is 3. The first-order chi connectivity index (χ1) is 28.3. The number of amides is 1. The van der Waals surface area contributed by atoms with Gasteiger partial charge in [-0.2, -0.15) is 0 Å². The molecule has 11 nitrogen and oxygen atoms in total. The number of hydrogen-bond donors (Lipinski definition) is 3. The van der Waals surface area contributed by atoms with Gasteiger partial charge in [-0.25, -0.2) is 4.79 Å². The second-order valence-electron chi connectivity index (χ2n) is 18.6. The number of piperidine rings is 1. The molecule has 2 fully saturated rings. The fraction of sp³-hybridized carbons (Fsp3) is 0.735. The van der Waals surface area contributed by atoms with E-state index in [0.29, 0.717) is 50.0 Å². The Morgan fingerprint density at radius 2 is 1.57 bits per heavy atom. The SMILES string of the molecule is CO[C@H]1CCC[C@@H](C[C@@H](C)[C@@H]2CC(=O)[C@H](C)/C=C(\C)[C@@H](O)CC(=O)[C@H](C)C[C@H](C)/C=C/C=C/C=C(\C)CCCCC[C@@H](C)C(O)(O)C(=O)C(=O)N3CCCC[C@H]3C(=O)O2)C1. The van der Waals surface area contributed by atoms with E-state index in [9.17, 15) is 39.3 Å². The van der Waals surface area contributed by atoms with E-state index >= 15 is 0 Å². The molecule has 0 bridgehead atoms. The summed E-state index contributed by atoms with van der Waals surface area (Å²) in [6.07, 6.45) is 19.8. The van der Waals surface area contributed by atoms with Crippen LogP contribution in [0.4, 0.5) is 0 Å². The molecule has 3 aliphatic rings. The molecule has 1 aliphatic carbocycles. The Balaban J connectivity index is 1.90. The third-order valence-corrected chi connectivity index (χ3v) is 13.3. The molecule has 0 aromatic rings. The van der Waals surface area contributed by atoms with Crippen LogP contribution in [0.25, 0.3) is 0 Å². The number of ketones is 3. The number of nitrogens with zero attached hydrogens (tertiary/aromatic N) is 1. The molecule has 0 spiro atoms. The molecule has 0 aromatic carbocycles. The summed E-state index contributed by atoms with van der Waals surface area (Å²) < 4.78 is 11.9. The summed E-state index contributed by atoms with van der Waals surface area (Å²) in [5.74, 6) is -7.98. The van der Waals surface area contributed by atoms with Gasteiger partial charge in [0.25, 0.3) is 11.7 Å². The van der Waals surface area contributed by atoms with Crippen molar-refractivity contribution >= 4 is 29.2 Å². The highest BCUT2D eigenvalue weighted by Crippen LogP contribution is 2.34. The smallest absolute Gasteiger partial charge is 0.329 e. The van der Waals surface area contributed by atoms with Crippen molar-refractivity contribution in [2.24, 2.45) is 35.5 Å². The van der Waals surface area contributed by atoms with Crippen LogP contribution in [0.2, 0.25) is 0 Å². The van der Waals surface area contributed by atoms with Crippen LogP contribution in [0.1, 0.15) is 151 Å². The number of rotatable bonds is 4. The van der Waals surface area contributed by atoms with Gasteiger partial charge in [-0.15, -0.1) is 0 Å². The van der Waals surface area contributed by atoms with E-state index in [2.05, 4.69) is 19.9 Å². The van der Waals surface area contributed by atoms with Gasteiger partial charge in [0, 0.05) is 44.2 Å². The van der Waals surface area contributed by atoms with Crippen molar-refractivity contribution in [1.29, 1.82) is 0 Å². The van der Waals surface area contributed by atoms with E-state index in [1.807, 2.05) is 38.2 Å². The first kappa shape index (κ1) is 51.1. The second kappa shape index (κ2) is 25.0. The zero-order valence-corrected chi connectivity index (χ0v) is 37.9. The first-order valence-electron chi connectivity index (χ1n) is 22.8. The van der Waals surface area contributed by atoms with Crippen molar-refractivity contribution in [1.82, 2.24) is 4.90 Å². The van der Waals surface area contributed by atoms with E-state index in [0.717, 1.165) is 49.8 Å². The number of aliphatic hydroxyl groups excluding tert-OH is 1. The monoisotopic (exact) mass is 840 g/mol. The molecule has 0 aromatic heterocycles. The molecule has 1 saturated heterocycles. The summed E-state index contributed by atoms with van der Waals surface area (Å²) in [4.78, 5) is 69.6. The van der Waals surface area contributed by atoms with Crippen LogP contribution in [0.3, 0.4) is 0 Å². The largest absolute Gasteiger partial charge is 0.460 e. The molecule has 11 heteroatoms. The predicted octanol–water partition coefficient (Wildman–Crippen LogP) is 7.94.